The van der Waals surface area contributed by atoms with Crippen molar-refractivity contribution in [3.63, 3.8) is 0 Å². The number of alkyl halides is 1. The average Bonchev–Trinajstić information content (AvgIpc) is 2.73. The highest BCUT2D eigenvalue weighted by atomic mass is 35.5. The fourth-order valence-electron chi connectivity index (χ4n) is 7.45. The molecular formula is C20H33ClO3. The fourth-order valence-corrected chi connectivity index (χ4v) is 8.00. The Morgan fingerprint density at radius 3 is 2.17 bits per heavy atom. The highest BCUT2D eigenvalue weighted by molar-refractivity contribution is 6.21. The van der Waals surface area contributed by atoms with Gasteiger partial charge in [0.05, 0.1) is 22.7 Å². The second-order valence-electron chi connectivity index (χ2n) is 10.1. The number of aliphatic hydroxyl groups excluding tert-OH is 1. The average molecular weight is 357 g/mol. The van der Waals surface area contributed by atoms with Crippen molar-refractivity contribution in [1.29, 1.82) is 0 Å². The molecule has 0 unspecified atom stereocenters. The van der Waals surface area contributed by atoms with Crippen LogP contribution in [0.2, 0.25) is 0 Å². The van der Waals surface area contributed by atoms with Crippen LogP contribution in [-0.2, 0) is 0 Å². The molecule has 0 aromatic carbocycles. The van der Waals surface area contributed by atoms with Crippen LogP contribution in [0.3, 0.4) is 0 Å². The Labute approximate surface area is 150 Å². The molecule has 0 aromatic heterocycles. The van der Waals surface area contributed by atoms with Crippen molar-refractivity contribution < 1.29 is 15.3 Å². The van der Waals surface area contributed by atoms with Gasteiger partial charge in [0.2, 0.25) is 0 Å². The third-order valence-electron chi connectivity index (χ3n) is 9.35. The summed E-state index contributed by atoms with van der Waals surface area (Å²) in [6.07, 6.45) is 6.48. The van der Waals surface area contributed by atoms with E-state index in [9.17, 15) is 15.3 Å². The number of hydrogen-bond donors (Lipinski definition) is 3. The molecule has 0 heterocycles. The number of rotatable bonds is 0. The van der Waals surface area contributed by atoms with Gasteiger partial charge >= 0.3 is 0 Å². The molecule has 4 rings (SSSR count). The minimum absolute atomic E-state index is 0.0230. The van der Waals surface area contributed by atoms with Crippen molar-refractivity contribution in [2.45, 2.75) is 94.8 Å². The van der Waals surface area contributed by atoms with Gasteiger partial charge in [0.25, 0.3) is 0 Å². The molecule has 4 saturated carbocycles. The fraction of sp³-hybridized carbons (Fsp3) is 1.00. The molecule has 0 saturated heterocycles. The maximum atomic E-state index is 11.5. The van der Waals surface area contributed by atoms with Gasteiger partial charge in [-0.05, 0) is 75.0 Å². The van der Waals surface area contributed by atoms with E-state index < -0.39 is 17.3 Å². The van der Waals surface area contributed by atoms with E-state index in [4.69, 9.17) is 11.6 Å². The van der Waals surface area contributed by atoms with Gasteiger partial charge < -0.3 is 15.3 Å². The molecule has 4 aliphatic carbocycles. The quantitative estimate of drug-likeness (QED) is 0.582. The Hall–Kier alpha value is 0.170. The predicted octanol–water partition coefficient (Wildman–Crippen LogP) is 3.47. The van der Waals surface area contributed by atoms with Crippen LogP contribution in [0.25, 0.3) is 0 Å². The lowest BCUT2D eigenvalue weighted by Crippen LogP contribution is -2.67. The standard InChI is InChI=1S/C20H33ClO3/c1-17-8-5-15-13(14(17)6-9-19(17,3)23)10-16(21)20(24)11-12(22)4-7-18(15,20)2/h12-16,22-24H,4-11H2,1-3H3/t12-,13-,14-,15-,16+,17-,18+,19-,20-/m0/s1. The summed E-state index contributed by atoms with van der Waals surface area (Å²) < 4.78 is 0. The minimum Gasteiger partial charge on any atom is -0.393 e. The van der Waals surface area contributed by atoms with E-state index in [2.05, 4.69) is 13.8 Å². The molecule has 0 aliphatic heterocycles. The molecule has 0 amide bonds. The van der Waals surface area contributed by atoms with Gasteiger partial charge in [0.1, 0.15) is 0 Å². The zero-order valence-electron chi connectivity index (χ0n) is 15.3. The second-order valence-corrected chi connectivity index (χ2v) is 10.6. The second kappa shape index (κ2) is 5.12. The molecule has 0 aromatic rings. The molecule has 0 bridgehead atoms. The van der Waals surface area contributed by atoms with Gasteiger partial charge in [0.15, 0.2) is 0 Å². The molecule has 138 valence electrons. The Morgan fingerprint density at radius 2 is 1.46 bits per heavy atom. The van der Waals surface area contributed by atoms with Gasteiger partial charge in [-0.2, -0.15) is 0 Å². The lowest BCUT2D eigenvalue weighted by Gasteiger charge is -2.65. The molecule has 0 spiro atoms. The summed E-state index contributed by atoms with van der Waals surface area (Å²) in [5.74, 6) is 1.44. The Balaban J connectivity index is 1.72. The topological polar surface area (TPSA) is 60.7 Å². The summed E-state index contributed by atoms with van der Waals surface area (Å²) in [5.41, 5.74) is -1.77. The van der Waals surface area contributed by atoms with Crippen molar-refractivity contribution >= 4 is 11.6 Å². The smallest absolute Gasteiger partial charge is 0.0891 e. The van der Waals surface area contributed by atoms with Gasteiger partial charge in [0, 0.05) is 11.8 Å². The van der Waals surface area contributed by atoms with Crippen molar-refractivity contribution in [2.24, 2.45) is 28.6 Å². The number of aliphatic hydroxyl groups is 3. The third-order valence-corrected chi connectivity index (χ3v) is 9.89. The van der Waals surface area contributed by atoms with E-state index in [0.29, 0.717) is 24.2 Å². The highest BCUT2D eigenvalue weighted by Crippen LogP contribution is 2.69. The lowest BCUT2D eigenvalue weighted by atomic mass is 9.43. The molecule has 0 radical (unpaired) electrons. The van der Waals surface area contributed by atoms with Crippen LogP contribution in [-0.4, -0.2) is 38.0 Å². The van der Waals surface area contributed by atoms with Crippen molar-refractivity contribution in [2.75, 3.05) is 0 Å². The molecular weight excluding hydrogens is 324 g/mol. The molecule has 3 N–H and O–H groups in total. The maximum Gasteiger partial charge on any atom is 0.0891 e. The summed E-state index contributed by atoms with van der Waals surface area (Å²) in [5, 5.41) is 32.3. The predicted molar refractivity (Wildman–Crippen MR) is 94.8 cm³/mol. The maximum absolute atomic E-state index is 11.5. The van der Waals surface area contributed by atoms with Crippen molar-refractivity contribution in [1.82, 2.24) is 0 Å². The van der Waals surface area contributed by atoms with E-state index in [1.165, 1.54) is 0 Å². The lowest BCUT2D eigenvalue weighted by molar-refractivity contribution is -0.223. The highest BCUT2D eigenvalue weighted by Gasteiger charge is 2.68. The van der Waals surface area contributed by atoms with Crippen LogP contribution < -0.4 is 0 Å². The van der Waals surface area contributed by atoms with Crippen LogP contribution in [0.15, 0.2) is 0 Å². The minimum atomic E-state index is -0.956. The Morgan fingerprint density at radius 1 is 0.875 bits per heavy atom. The van der Waals surface area contributed by atoms with Gasteiger partial charge in [-0.1, -0.05) is 13.8 Å². The van der Waals surface area contributed by atoms with Gasteiger partial charge in [-0.3, -0.25) is 0 Å². The Bertz CT molecular complexity index is 537. The van der Waals surface area contributed by atoms with Gasteiger partial charge in [-0.25, -0.2) is 0 Å². The largest absolute Gasteiger partial charge is 0.393 e. The van der Waals surface area contributed by atoms with Crippen LogP contribution in [0.1, 0.15) is 72.1 Å². The molecule has 4 fully saturated rings. The summed E-state index contributed by atoms with van der Waals surface area (Å²) >= 11 is 6.79. The molecule has 9 atom stereocenters. The number of hydrogen-bond acceptors (Lipinski definition) is 3. The Kier molecular flexibility index (Phi) is 3.75. The number of halogens is 1. The van der Waals surface area contributed by atoms with Crippen LogP contribution >= 0.6 is 11.6 Å². The summed E-state index contributed by atoms with van der Waals surface area (Å²) in [4.78, 5) is 0. The first-order valence-corrected chi connectivity index (χ1v) is 10.3. The summed E-state index contributed by atoms with van der Waals surface area (Å²) in [6, 6.07) is 0. The normalized spacial score (nSPS) is 63.4. The third kappa shape index (κ3) is 1.96. The first-order chi connectivity index (χ1) is 11.1. The monoisotopic (exact) mass is 356 g/mol. The van der Waals surface area contributed by atoms with E-state index in [0.717, 1.165) is 44.9 Å². The zero-order chi connectivity index (χ0) is 17.5. The van der Waals surface area contributed by atoms with Crippen molar-refractivity contribution in [3.8, 4) is 0 Å². The zero-order valence-corrected chi connectivity index (χ0v) is 16.0. The molecule has 24 heavy (non-hydrogen) atoms. The SMILES string of the molecule is C[C@]1(O)CC[C@H]2[C@@H]3C[C@@H](Cl)[C@@]4(O)C[C@@H](O)CC[C@]4(C)[C@H]3CC[C@@]21C. The van der Waals surface area contributed by atoms with Crippen LogP contribution in [0.5, 0.6) is 0 Å². The van der Waals surface area contributed by atoms with Crippen molar-refractivity contribution in [3.05, 3.63) is 0 Å². The van der Waals surface area contributed by atoms with E-state index >= 15 is 0 Å². The van der Waals surface area contributed by atoms with E-state index in [-0.39, 0.29) is 16.2 Å². The van der Waals surface area contributed by atoms with Gasteiger partial charge in [-0.15, -0.1) is 11.6 Å². The number of fused-ring (bicyclic) bond motifs is 5. The van der Waals surface area contributed by atoms with Crippen LogP contribution in [0, 0.1) is 28.6 Å². The molecule has 4 aliphatic rings. The van der Waals surface area contributed by atoms with E-state index in [1.807, 2.05) is 6.92 Å². The molecule has 3 nitrogen and oxygen atoms in total. The van der Waals surface area contributed by atoms with E-state index in [1.54, 1.807) is 0 Å². The summed E-state index contributed by atoms with van der Waals surface area (Å²) in [7, 11) is 0. The first kappa shape index (κ1) is 17.6. The summed E-state index contributed by atoms with van der Waals surface area (Å²) in [6.45, 7) is 6.52. The first-order valence-electron chi connectivity index (χ1n) is 9.82. The molecule has 4 heteroatoms. The van der Waals surface area contributed by atoms with Crippen LogP contribution in [0.4, 0.5) is 0 Å².